The fraction of sp³-hybridized carbons (Fsp3) is 0.500. The van der Waals surface area contributed by atoms with Gasteiger partial charge in [0, 0.05) is 19.3 Å². The zero-order chi connectivity index (χ0) is 13.6. The number of nitrogens with two attached hydrogens (primary N) is 1. The monoisotopic (exact) mass is 273 g/mol. The highest BCUT2D eigenvalue weighted by Gasteiger charge is 2.68. The average molecular weight is 273 g/mol. The summed E-state index contributed by atoms with van der Waals surface area (Å²) in [6, 6.07) is 5.88. The van der Waals surface area contributed by atoms with Crippen molar-refractivity contribution in [1.82, 2.24) is 0 Å². The zero-order valence-electron chi connectivity index (χ0n) is 10.3. The Kier molecular flexibility index (Phi) is 3.21. The molecule has 6 heteroatoms. The minimum atomic E-state index is -3.30. The van der Waals surface area contributed by atoms with Crippen LogP contribution in [0.4, 0.5) is 4.39 Å². The van der Waals surface area contributed by atoms with E-state index >= 15 is 0 Å². The van der Waals surface area contributed by atoms with Gasteiger partial charge in [-0.25, -0.2) is 12.8 Å². The molecule has 0 aromatic heterocycles. The van der Waals surface area contributed by atoms with Crippen molar-refractivity contribution in [3.8, 4) is 0 Å². The third-order valence-corrected chi connectivity index (χ3v) is 5.00. The molecule has 4 nitrogen and oxygen atoms in total. The van der Waals surface area contributed by atoms with Gasteiger partial charge in [0.05, 0.1) is 17.4 Å². The molecule has 3 atom stereocenters. The molecule has 1 fully saturated rings. The summed E-state index contributed by atoms with van der Waals surface area (Å²) in [5.41, 5.74) is 5.73. The van der Waals surface area contributed by atoms with Crippen LogP contribution in [0.15, 0.2) is 24.3 Å². The largest absolute Gasteiger partial charge is 0.383 e. The van der Waals surface area contributed by atoms with Crippen LogP contribution in [0.25, 0.3) is 0 Å². The van der Waals surface area contributed by atoms with Crippen LogP contribution in [-0.4, -0.2) is 39.2 Å². The average Bonchev–Trinajstić information content (AvgIpc) is 2.85. The van der Waals surface area contributed by atoms with Gasteiger partial charge in [0.25, 0.3) is 0 Å². The number of methoxy groups -OCH3 is 1. The van der Waals surface area contributed by atoms with Crippen LogP contribution in [0.1, 0.15) is 11.5 Å². The van der Waals surface area contributed by atoms with Crippen molar-refractivity contribution in [3.05, 3.63) is 35.6 Å². The first-order valence-electron chi connectivity index (χ1n) is 5.53. The van der Waals surface area contributed by atoms with E-state index in [0.29, 0.717) is 5.56 Å². The minimum Gasteiger partial charge on any atom is -0.383 e. The number of sulfone groups is 1. The molecule has 1 aromatic rings. The lowest BCUT2D eigenvalue weighted by molar-refractivity contribution is 0.171. The predicted molar refractivity (Wildman–Crippen MR) is 66.6 cm³/mol. The first kappa shape index (κ1) is 13.5. The number of ether oxygens (including phenoxy) is 1. The van der Waals surface area contributed by atoms with E-state index in [9.17, 15) is 12.8 Å². The van der Waals surface area contributed by atoms with Crippen LogP contribution in [0, 0.1) is 5.82 Å². The molecule has 0 amide bonds. The highest BCUT2D eigenvalue weighted by atomic mass is 32.2. The molecule has 2 N–H and O–H groups in total. The molecule has 0 radical (unpaired) electrons. The molecule has 0 saturated heterocycles. The molecular weight excluding hydrogens is 257 g/mol. The fourth-order valence-electron chi connectivity index (χ4n) is 2.68. The summed E-state index contributed by atoms with van der Waals surface area (Å²) >= 11 is 0. The number of hydrogen-bond acceptors (Lipinski definition) is 4. The van der Waals surface area contributed by atoms with Crippen LogP contribution >= 0.6 is 0 Å². The van der Waals surface area contributed by atoms with E-state index in [-0.39, 0.29) is 6.61 Å². The summed E-state index contributed by atoms with van der Waals surface area (Å²) in [6.07, 6.45) is 1.15. The van der Waals surface area contributed by atoms with Gasteiger partial charge in [0.2, 0.25) is 0 Å². The van der Waals surface area contributed by atoms with Crippen molar-refractivity contribution >= 4 is 9.84 Å². The lowest BCUT2D eigenvalue weighted by Gasteiger charge is -2.10. The molecule has 0 aliphatic heterocycles. The van der Waals surface area contributed by atoms with E-state index in [1.54, 1.807) is 12.1 Å². The van der Waals surface area contributed by atoms with Crippen molar-refractivity contribution < 1.29 is 17.5 Å². The molecule has 2 rings (SSSR count). The van der Waals surface area contributed by atoms with Gasteiger partial charge in [-0.3, -0.25) is 0 Å². The Balaban J connectivity index is 2.39. The molecule has 0 spiro atoms. The summed E-state index contributed by atoms with van der Waals surface area (Å²) in [5, 5.41) is -0.716. The normalized spacial score (nSPS) is 31.3. The number of rotatable bonds is 4. The van der Waals surface area contributed by atoms with E-state index in [4.69, 9.17) is 10.5 Å². The van der Waals surface area contributed by atoms with E-state index in [0.717, 1.165) is 6.26 Å². The first-order valence-corrected chi connectivity index (χ1v) is 7.48. The Bertz CT molecular complexity index is 560. The molecular formula is C12H16FNO3S. The number of benzene rings is 1. The topological polar surface area (TPSA) is 69.4 Å². The molecule has 1 aliphatic carbocycles. The Hall–Kier alpha value is -0.980. The second-order valence-corrected chi connectivity index (χ2v) is 7.00. The van der Waals surface area contributed by atoms with Gasteiger partial charge in [-0.1, -0.05) is 12.1 Å². The van der Waals surface area contributed by atoms with Gasteiger partial charge < -0.3 is 10.5 Å². The van der Waals surface area contributed by atoms with E-state index in [1.807, 2.05) is 0 Å². The number of halogens is 1. The third kappa shape index (κ3) is 2.15. The Morgan fingerprint density at radius 2 is 2.17 bits per heavy atom. The maximum atomic E-state index is 13.2. The standard InChI is InChI=1S/C12H16FNO3S/c1-17-7-12(14)10(11(12)18(2,15)16)8-4-3-5-9(13)6-8/h3-6,10-11H,7,14H2,1-2H3/t10-,11+,12+/m1/s1. The van der Waals surface area contributed by atoms with Crippen LogP contribution in [0.3, 0.4) is 0 Å². The third-order valence-electron chi connectivity index (χ3n) is 3.37. The van der Waals surface area contributed by atoms with Crippen molar-refractivity contribution in [2.24, 2.45) is 5.73 Å². The van der Waals surface area contributed by atoms with E-state index < -0.39 is 32.4 Å². The Labute approximate surface area is 106 Å². The van der Waals surface area contributed by atoms with Gasteiger partial charge in [-0.2, -0.15) is 0 Å². The molecule has 1 aromatic carbocycles. The van der Waals surface area contributed by atoms with Gasteiger partial charge in [0.1, 0.15) is 5.82 Å². The summed E-state index contributed by atoms with van der Waals surface area (Å²) < 4.78 is 41.6. The molecule has 100 valence electrons. The fourth-order valence-corrected chi connectivity index (χ4v) is 4.51. The maximum absolute atomic E-state index is 13.2. The molecule has 18 heavy (non-hydrogen) atoms. The Morgan fingerprint density at radius 1 is 1.50 bits per heavy atom. The molecule has 1 saturated carbocycles. The quantitative estimate of drug-likeness (QED) is 0.876. The van der Waals surface area contributed by atoms with Crippen molar-refractivity contribution in [1.29, 1.82) is 0 Å². The lowest BCUT2D eigenvalue weighted by atomic mass is 10.1. The summed E-state index contributed by atoms with van der Waals surface area (Å²) in [4.78, 5) is 0. The minimum absolute atomic E-state index is 0.131. The second-order valence-electron chi connectivity index (χ2n) is 4.83. The molecule has 0 unspecified atom stereocenters. The van der Waals surface area contributed by atoms with Crippen molar-refractivity contribution in [2.45, 2.75) is 16.7 Å². The van der Waals surface area contributed by atoms with Crippen LogP contribution < -0.4 is 5.73 Å². The molecule has 0 bridgehead atoms. The second kappa shape index (κ2) is 4.29. The van der Waals surface area contributed by atoms with E-state index in [1.165, 1.54) is 19.2 Å². The lowest BCUT2D eigenvalue weighted by Crippen LogP contribution is -2.35. The first-order chi connectivity index (χ1) is 8.30. The van der Waals surface area contributed by atoms with Crippen LogP contribution in [-0.2, 0) is 14.6 Å². The van der Waals surface area contributed by atoms with Gasteiger partial charge in [-0.15, -0.1) is 0 Å². The van der Waals surface area contributed by atoms with Gasteiger partial charge in [0.15, 0.2) is 9.84 Å². The predicted octanol–water partition coefficient (Wildman–Crippen LogP) is 0.680. The summed E-state index contributed by atoms with van der Waals surface area (Å²) in [7, 11) is -1.83. The number of hydrogen-bond donors (Lipinski definition) is 1. The van der Waals surface area contributed by atoms with Gasteiger partial charge in [-0.05, 0) is 17.7 Å². The van der Waals surface area contributed by atoms with Crippen molar-refractivity contribution in [2.75, 3.05) is 20.0 Å². The SMILES string of the molecule is COC[C@]1(N)[C@H](c2cccc(F)c2)[C@@H]1S(C)(=O)=O. The van der Waals surface area contributed by atoms with E-state index in [2.05, 4.69) is 0 Å². The summed E-state index contributed by atoms with van der Waals surface area (Å²) in [6.45, 7) is 0.131. The molecule has 1 aliphatic rings. The van der Waals surface area contributed by atoms with Crippen LogP contribution in [0.2, 0.25) is 0 Å². The molecule has 0 heterocycles. The zero-order valence-corrected chi connectivity index (χ0v) is 11.1. The Morgan fingerprint density at radius 3 is 2.67 bits per heavy atom. The van der Waals surface area contributed by atoms with Crippen LogP contribution in [0.5, 0.6) is 0 Å². The van der Waals surface area contributed by atoms with Gasteiger partial charge >= 0.3 is 0 Å². The maximum Gasteiger partial charge on any atom is 0.152 e. The highest BCUT2D eigenvalue weighted by molar-refractivity contribution is 7.91. The van der Waals surface area contributed by atoms with Crippen molar-refractivity contribution in [3.63, 3.8) is 0 Å². The highest BCUT2D eigenvalue weighted by Crippen LogP contribution is 2.53. The summed E-state index contributed by atoms with van der Waals surface area (Å²) in [5.74, 6) is -0.811. The smallest absolute Gasteiger partial charge is 0.152 e.